The second kappa shape index (κ2) is 6.26. The van der Waals surface area contributed by atoms with Gasteiger partial charge in [-0.15, -0.1) is 0 Å². The summed E-state index contributed by atoms with van der Waals surface area (Å²) in [5, 5.41) is 3.96. The third-order valence-electron chi connectivity index (χ3n) is 2.34. The summed E-state index contributed by atoms with van der Waals surface area (Å²) >= 11 is 5.82. The van der Waals surface area contributed by atoms with Crippen molar-refractivity contribution in [3.8, 4) is 11.5 Å². The molecule has 0 spiro atoms. The quantitative estimate of drug-likeness (QED) is 0.870. The van der Waals surface area contributed by atoms with E-state index < -0.39 is 0 Å². The van der Waals surface area contributed by atoms with Gasteiger partial charge in [0.25, 0.3) is 0 Å². The third kappa shape index (κ3) is 3.64. The van der Waals surface area contributed by atoms with Crippen LogP contribution < -0.4 is 10.1 Å². The van der Waals surface area contributed by atoms with Gasteiger partial charge in [0, 0.05) is 17.6 Å². The van der Waals surface area contributed by atoms with E-state index >= 15 is 0 Å². The molecule has 2 rings (SSSR count). The van der Waals surface area contributed by atoms with Crippen LogP contribution in [0, 0.1) is 0 Å². The van der Waals surface area contributed by atoms with Crippen molar-refractivity contribution in [2.24, 2.45) is 0 Å². The van der Waals surface area contributed by atoms with Gasteiger partial charge < -0.3 is 10.1 Å². The van der Waals surface area contributed by atoms with E-state index in [1.165, 1.54) is 0 Å². The predicted octanol–water partition coefficient (Wildman–Crippen LogP) is 4.35. The summed E-state index contributed by atoms with van der Waals surface area (Å²) in [6.45, 7) is 3.04. The van der Waals surface area contributed by atoms with E-state index in [0.717, 1.165) is 24.4 Å². The summed E-state index contributed by atoms with van der Waals surface area (Å²) in [5.74, 6) is 1.45. The third-order valence-corrected chi connectivity index (χ3v) is 2.59. The van der Waals surface area contributed by atoms with Crippen molar-refractivity contribution in [1.29, 1.82) is 0 Å². The van der Waals surface area contributed by atoms with E-state index in [4.69, 9.17) is 16.3 Å². The highest BCUT2D eigenvalue weighted by atomic mass is 35.5. The first kappa shape index (κ1) is 12.7. The highest BCUT2D eigenvalue weighted by molar-refractivity contribution is 6.30. The molecule has 4 heteroatoms. The maximum atomic E-state index is 5.82. The first-order valence-electron chi connectivity index (χ1n) is 5.90. The van der Waals surface area contributed by atoms with Gasteiger partial charge in [0.2, 0.25) is 0 Å². The van der Waals surface area contributed by atoms with E-state index in [1.54, 1.807) is 24.5 Å². The van der Waals surface area contributed by atoms with Crippen LogP contribution in [0.5, 0.6) is 11.5 Å². The molecule has 0 radical (unpaired) electrons. The number of aromatic nitrogens is 1. The van der Waals surface area contributed by atoms with Crippen molar-refractivity contribution >= 4 is 17.3 Å². The van der Waals surface area contributed by atoms with Crippen LogP contribution >= 0.6 is 11.6 Å². The summed E-state index contributed by atoms with van der Waals surface area (Å²) in [7, 11) is 0. The summed E-state index contributed by atoms with van der Waals surface area (Å²) in [5.41, 5.74) is 0.961. The molecular weight excluding hydrogens is 248 g/mol. The topological polar surface area (TPSA) is 34.2 Å². The van der Waals surface area contributed by atoms with Crippen molar-refractivity contribution < 1.29 is 4.74 Å². The summed E-state index contributed by atoms with van der Waals surface area (Å²) in [6, 6.07) is 9.17. The molecule has 3 nitrogen and oxygen atoms in total. The number of rotatable bonds is 5. The average Bonchev–Trinajstić information content (AvgIpc) is 2.40. The molecule has 94 valence electrons. The highest BCUT2D eigenvalue weighted by Crippen LogP contribution is 2.24. The molecule has 1 aromatic carbocycles. The fourth-order valence-electron chi connectivity index (χ4n) is 1.48. The van der Waals surface area contributed by atoms with E-state index in [2.05, 4.69) is 17.2 Å². The molecule has 2 aromatic rings. The molecule has 0 fully saturated rings. The number of ether oxygens (including phenoxy) is 1. The molecule has 0 atom stereocenters. The summed E-state index contributed by atoms with van der Waals surface area (Å²) in [6.07, 6.45) is 4.54. The maximum Gasteiger partial charge on any atom is 0.147 e. The fraction of sp³-hybridized carbons (Fsp3) is 0.214. The maximum absolute atomic E-state index is 5.82. The molecule has 1 N–H and O–H groups in total. The van der Waals surface area contributed by atoms with Crippen LogP contribution in [0.25, 0.3) is 0 Å². The molecule has 0 saturated heterocycles. The normalized spacial score (nSPS) is 10.1. The Morgan fingerprint density at radius 3 is 2.67 bits per heavy atom. The number of benzene rings is 1. The molecule has 0 aliphatic heterocycles. The Morgan fingerprint density at radius 1 is 1.17 bits per heavy atom. The lowest BCUT2D eigenvalue weighted by atomic mass is 10.3. The molecule has 0 saturated carbocycles. The second-order valence-corrected chi connectivity index (χ2v) is 4.33. The number of anilines is 1. The van der Waals surface area contributed by atoms with E-state index in [0.29, 0.717) is 10.8 Å². The van der Waals surface area contributed by atoms with Crippen LogP contribution in [-0.4, -0.2) is 11.5 Å². The van der Waals surface area contributed by atoms with Crippen LogP contribution in [0.2, 0.25) is 5.02 Å². The predicted molar refractivity (Wildman–Crippen MR) is 74.5 cm³/mol. The Bertz CT molecular complexity index is 499. The van der Waals surface area contributed by atoms with Gasteiger partial charge in [-0.3, -0.25) is 4.98 Å². The standard InChI is InChI=1S/C14H15ClN2O/c1-2-7-17-12-8-14(10-16-9-12)18-13-5-3-11(15)4-6-13/h3-6,8-10,17H,2,7H2,1H3. The van der Waals surface area contributed by atoms with Gasteiger partial charge in [-0.05, 0) is 30.7 Å². The van der Waals surface area contributed by atoms with Crippen LogP contribution in [0.15, 0.2) is 42.7 Å². The lowest BCUT2D eigenvalue weighted by molar-refractivity contribution is 0.480. The summed E-state index contributed by atoms with van der Waals surface area (Å²) < 4.78 is 5.69. The number of halogens is 1. The Balaban J connectivity index is 2.06. The van der Waals surface area contributed by atoms with Gasteiger partial charge in [0.05, 0.1) is 18.1 Å². The average molecular weight is 263 g/mol. The van der Waals surface area contributed by atoms with E-state index in [9.17, 15) is 0 Å². The number of pyridine rings is 1. The lowest BCUT2D eigenvalue weighted by Crippen LogP contribution is -2.00. The van der Waals surface area contributed by atoms with Gasteiger partial charge in [-0.1, -0.05) is 18.5 Å². The van der Waals surface area contributed by atoms with Crippen LogP contribution in [-0.2, 0) is 0 Å². The molecule has 1 heterocycles. The second-order valence-electron chi connectivity index (χ2n) is 3.89. The zero-order valence-electron chi connectivity index (χ0n) is 10.2. The van der Waals surface area contributed by atoms with Crippen molar-refractivity contribution in [3.05, 3.63) is 47.7 Å². The minimum atomic E-state index is 0.693. The van der Waals surface area contributed by atoms with Crippen molar-refractivity contribution in [2.75, 3.05) is 11.9 Å². The number of nitrogens with one attached hydrogen (secondary N) is 1. The number of nitrogens with zero attached hydrogens (tertiary/aromatic N) is 1. The van der Waals surface area contributed by atoms with Gasteiger partial charge in [-0.25, -0.2) is 0 Å². The zero-order valence-corrected chi connectivity index (χ0v) is 10.9. The zero-order chi connectivity index (χ0) is 12.8. The molecular formula is C14H15ClN2O. The highest BCUT2D eigenvalue weighted by Gasteiger charge is 1.99. The largest absolute Gasteiger partial charge is 0.456 e. The van der Waals surface area contributed by atoms with Crippen LogP contribution in [0.3, 0.4) is 0 Å². The Kier molecular flexibility index (Phi) is 4.42. The molecule has 0 aliphatic rings. The van der Waals surface area contributed by atoms with Crippen molar-refractivity contribution in [2.45, 2.75) is 13.3 Å². The minimum Gasteiger partial charge on any atom is -0.456 e. The molecule has 1 aromatic heterocycles. The number of hydrogen-bond donors (Lipinski definition) is 1. The first-order valence-corrected chi connectivity index (χ1v) is 6.28. The fourth-order valence-corrected chi connectivity index (χ4v) is 1.61. The van der Waals surface area contributed by atoms with Crippen LogP contribution in [0.1, 0.15) is 13.3 Å². The first-order chi connectivity index (χ1) is 8.78. The SMILES string of the molecule is CCCNc1cncc(Oc2ccc(Cl)cc2)c1. The van der Waals surface area contributed by atoms with Gasteiger partial charge in [0.15, 0.2) is 0 Å². The number of hydrogen-bond acceptors (Lipinski definition) is 3. The van der Waals surface area contributed by atoms with Crippen molar-refractivity contribution in [3.63, 3.8) is 0 Å². The molecule has 0 aliphatic carbocycles. The molecule has 0 amide bonds. The van der Waals surface area contributed by atoms with Gasteiger partial charge >= 0.3 is 0 Å². The minimum absolute atomic E-state index is 0.693. The summed E-state index contributed by atoms with van der Waals surface area (Å²) in [4.78, 5) is 4.14. The molecule has 0 bridgehead atoms. The monoisotopic (exact) mass is 262 g/mol. The van der Waals surface area contributed by atoms with E-state index in [-0.39, 0.29) is 0 Å². The van der Waals surface area contributed by atoms with Crippen molar-refractivity contribution in [1.82, 2.24) is 4.98 Å². The Labute approximate surface area is 112 Å². The van der Waals surface area contributed by atoms with E-state index in [1.807, 2.05) is 18.2 Å². The smallest absolute Gasteiger partial charge is 0.147 e. The molecule has 18 heavy (non-hydrogen) atoms. The Hall–Kier alpha value is -1.74. The Morgan fingerprint density at radius 2 is 1.94 bits per heavy atom. The van der Waals surface area contributed by atoms with Gasteiger partial charge in [0.1, 0.15) is 11.5 Å². The van der Waals surface area contributed by atoms with Crippen LogP contribution in [0.4, 0.5) is 5.69 Å². The van der Waals surface area contributed by atoms with Gasteiger partial charge in [-0.2, -0.15) is 0 Å². The molecule has 0 unspecified atom stereocenters. The lowest BCUT2D eigenvalue weighted by Gasteiger charge is -2.08.